The van der Waals surface area contributed by atoms with Gasteiger partial charge in [0.05, 0.1) is 34.4 Å². The lowest BCUT2D eigenvalue weighted by molar-refractivity contribution is -0.138. The van der Waals surface area contributed by atoms with Crippen molar-refractivity contribution in [2.75, 3.05) is 0 Å². The van der Waals surface area contributed by atoms with Gasteiger partial charge in [-0.05, 0) is 76.1 Å². The van der Waals surface area contributed by atoms with Gasteiger partial charge in [-0.3, -0.25) is 0 Å². The van der Waals surface area contributed by atoms with Crippen molar-refractivity contribution in [1.82, 2.24) is 0 Å². The van der Waals surface area contributed by atoms with Crippen molar-refractivity contribution < 1.29 is 26.3 Å². The van der Waals surface area contributed by atoms with Gasteiger partial charge in [-0.2, -0.15) is 47.4 Å². The van der Waals surface area contributed by atoms with Crippen molar-refractivity contribution >= 4 is 11.1 Å². The number of allylic oxidation sites excluding steroid dienone is 14. The van der Waals surface area contributed by atoms with Crippen molar-refractivity contribution in [3.8, 4) is 24.3 Å². The van der Waals surface area contributed by atoms with Gasteiger partial charge in [0.1, 0.15) is 17.7 Å². The Balaban J connectivity index is 1.61. The quantitative estimate of drug-likeness (QED) is 0.251. The van der Waals surface area contributed by atoms with Gasteiger partial charge in [0.2, 0.25) is 0 Å². The number of rotatable bonds is 2. The second kappa shape index (κ2) is 11.7. The number of nitriles is 4. The zero-order valence-electron chi connectivity index (χ0n) is 23.1. The molecule has 0 fully saturated rings. The highest BCUT2D eigenvalue weighted by Crippen LogP contribution is 2.46. The Kier molecular flexibility index (Phi) is 7.95. The molecule has 0 N–H and O–H groups in total. The van der Waals surface area contributed by atoms with Crippen molar-refractivity contribution in [3.63, 3.8) is 0 Å². The molecule has 4 nitrogen and oxygen atoms in total. The molecule has 0 saturated heterocycles. The molecule has 2 aromatic carbocycles. The van der Waals surface area contributed by atoms with Crippen LogP contribution >= 0.6 is 0 Å². The number of benzene rings is 2. The van der Waals surface area contributed by atoms with E-state index < -0.39 is 40.5 Å². The Bertz CT molecular complexity index is 2000. The molecule has 1 unspecified atom stereocenters. The standard InChI is InChI=1S/C35H18F6N4/c36-34(37,38)32-14-22(2-5-25(32)16-42)20-1-4-24-13-31(27(18-44)19-45)30-12-9-21(8-11-29(30)28(24)10-7-20)23-3-6-26(17-43)33(15-23)35(39,40)41/h1-3,5-12,14-15,30H,4,13H2. The molecular weight excluding hydrogens is 590 g/mol. The van der Waals surface area contributed by atoms with E-state index in [1.54, 1.807) is 54.7 Å². The van der Waals surface area contributed by atoms with Gasteiger partial charge in [0, 0.05) is 5.92 Å². The third kappa shape index (κ3) is 5.87. The molecule has 5 rings (SSSR count). The average molecular weight is 609 g/mol. The van der Waals surface area contributed by atoms with Crippen LogP contribution in [0.15, 0.2) is 107 Å². The minimum absolute atomic E-state index is 0.109. The summed E-state index contributed by atoms with van der Waals surface area (Å²) in [5.41, 5.74) is 0.762. The second-order valence-electron chi connectivity index (χ2n) is 10.3. The summed E-state index contributed by atoms with van der Waals surface area (Å²) in [6.07, 6.45) is 2.76. The largest absolute Gasteiger partial charge is 0.417 e. The molecule has 2 aromatic rings. The highest BCUT2D eigenvalue weighted by atomic mass is 19.4. The Morgan fingerprint density at radius 1 is 0.711 bits per heavy atom. The fourth-order valence-corrected chi connectivity index (χ4v) is 5.64. The predicted octanol–water partition coefficient (Wildman–Crippen LogP) is 9.05. The van der Waals surface area contributed by atoms with E-state index >= 15 is 0 Å². The highest BCUT2D eigenvalue weighted by Gasteiger charge is 2.36. The normalized spacial score (nSPS) is 17.6. The highest BCUT2D eigenvalue weighted by molar-refractivity contribution is 5.81. The minimum atomic E-state index is -4.75. The average Bonchev–Trinajstić information content (AvgIpc) is 3.37. The van der Waals surface area contributed by atoms with Crippen LogP contribution in [-0.2, 0) is 12.4 Å². The molecular formula is C35H18F6N4. The molecule has 3 aliphatic rings. The zero-order valence-corrected chi connectivity index (χ0v) is 23.1. The molecule has 0 saturated carbocycles. The van der Waals surface area contributed by atoms with Crippen molar-refractivity contribution in [3.05, 3.63) is 140 Å². The molecule has 0 amide bonds. The van der Waals surface area contributed by atoms with E-state index in [0.29, 0.717) is 22.3 Å². The maximum absolute atomic E-state index is 13.7. The summed E-state index contributed by atoms with van der Waals surface area (Å²) in [6.45, 7) is 0. The minimum Gasteiger partial charge on any atom is -0.192 e. The van der Waals surface area contributed by atoms with Crippen molar-refractivity contribution in [2.45, 2.75) is 25.2 Å². The molecule has 0 radical (unpaired) electrons. The van der Waals surface area contributed by atoms with E-state index in [4.69, 9.17) is 10.5 Å². The molecule has 0 heterocycles. The molecule has 3 aliphatic carbocycles. The summed E-state index contributed by atoms with van der Waals surface area (Å²) in [6, 6.07) is 13.9. The summed E-state index contributed by atoms with van der Waals surface area (Å²) in [5, 5.41) is 37.8. The van der Waals surface area contributed by atoms with E-state index in [-0.39, 0.29) is 29.5 Å². The Labute approximate surface area is 254 Å². The van der Waals surface area contributed by atoms with Crippen LogP contribution in [0.4, 0.5) is 26.3 Å². The number of fused-ring (bicyclic) bond motifs is 2. The topological polar surface area (TPSA) is 95.2 Å². The fourth-order valence-electron chi connectivity index (χ4n) is 5.64. The first-order chi connectivity index (χ1) is 21.4. The van der Waals surface area contributed by atoms with Gasteiger partial charge < -0.3 is 0 Å². The van der Waals surface area contributed by atoms with Gasteiger partial charge in [0.25, 0.3) is 0 Å². The smallest absolute Gasteiger partial charge is 0.192 e. The van der Waals surface area contributed by atoms with Gasteiger partial charge in [-0.25, -0.2) is 0 Å². The SMILES string of the molecule is N#CC(C#N)=C1CC2=C(C=CC(c3ccc(C#N)c(C(F)(F)F)c3)=CC2)C2=CC=C(c3ccc(C#N)c(C(F)(F)F)c3)C=CC21. The first-order valence-corrected chi connectivity index (χ1v) is 13.4. The molecule has 10 heteroatoms. The summed E-state index contributed by atoms with van der Waals surface area (Å²) in [4.78, 5) is 0. The summed E-state index contributed by atoms with van der Waals surface area (Å²) >= 11 is 0. The number of hydrogen-bond donors (Lipinski definition) is 0. The van der Waals surface area contributed by atoms with Crippen LogP contribution in [0.1, 0.15) is 46.2 Å². The van der Waals surface area contributed by atoms with E-state index in [9.17, 15) is 36.9 Å². The van der Waals surface area contributed by atoms with E-state index in [0.717, 1.165) is 35.4 Å². The molecule has 45 heavy (non-hydrogen) atoms. The number of alkyl halides is 6. The Hall–Kier alpha value is -5.84. The van der Waals surface area contributed by atoms with E-state index in [2.05, 4.69) is 0 Å². The fraction of sp³-hybridized carbons (Fsp3) is 0.143. The number of halogens is 6. The Morgan fingerprint density at radius 3 is 1.82 bits per heavy atom. The third-order valence-electron chi connectivity index (χ3n) is 7.82. The first-order valence-electron chi connectivity index (χ1n) is 13.4. The van der Waals surface area contributed by atoms with Gasteiger partial charge >= 0.3 is 12.4 Å². The molecule has 0 aromatic heterocycles. The predicted molar refractivity (Wildman–Crippen MR) is 153 cm³/mol. The van der Waals surface area contributed by atoms with Gasteiger partial charge in [0.15, 0.2) is 0 Å². The maximum Gasteiger partial charge on any atom is 0.417 e. The summed E-state index contributed by atoms with van der Waals surface area (Å²) in [7, 11) is 0. The van der Waals surface area contributed by atoms with Crippen molar-refractivity contribution in [2.24, 2.45) is 5.92 Å². The van der Waals surface area contributed by atoms with E-state index in [1.165, 1.54) is 12.1 Å². The summed E-state index contributed by atoms with van der Waals surface area (Å²) in [5.74, 6) is -0.579. The molecule has 1 atom stereocenters. The number of nitrogens with zero attached hydrogens (tertiary/aromatic N) is 4. The zero-order chi connectivity index (χ0) is 32.5. The van der Waals surface area contributed by atoms with Crippen LogP contribution in [0.3, 0.4) is 0 Å². The van der Waals surface area contributed by atoms with Crippen LogP contribution in [0, 0.1) is 51.2 Å². The summed E-state index contributed by atoms with van der Waals surface area (Å²) < 4.78 is 81.9. The second-order valence-corrected chi connectivity index (χ2v) is 10.3. The third-order valence-corrected chi connectivity index (χ3v) is 7.82. The van der Waals surface area contributed by atoms with Crippen LogP contribution in [0.2, 0.25) is 0 Å². The van der Waals surface area contributed by atoms with Crippen LogP contribution in [-0.4, -0.2) is 0 Å². The molecule has 0 aliphatic heterocycles. The molecule has 220 valence electrons. The lowest BCUT2D eigenvalue weighted by atomic mass is 9.73. The van der Waals surface area contributed by atoms with Crippen molar-refractivity contribution in [1.29, 1.82) is 21.0 Å². The van der Waals surface area contributed by atoms with Crippen LogP contribution in [0.25, 0.3) is 11.1 Å². The van der Waals surface area contributed by atoms with Crippen LogP contribution < -0.4 is 0 Å². The Morgan fingerprint density at radius 2 is 1.29 bits per heavy atom. The molecule has 0 bridgehead atoms. The lowest BCUT2D eigenvalue weighted by Gasteiger charge is -2.29. The van der Waals surface area contributed by atoms with Crippen LogP contribution in [0.5, 0.6) is 0 Å². The monoisotopic (exact) mass is 608 g/mol. The molecule has 0 spiro atoms. The van der Waals surface area contributed by atoms with E-state index in [1.807, 2.05) is 12.1 Å². The van der Waals surface area contributed by atoms with Gasteiger partial charge in [-0.15, -0.1) is 0 Å². The van der Waals surface area contributed by atoms with Gasteiger partial charge in [-0.1, -0.05) is 60.2 Å². The lowest BCUT2D eigenvalue weighted by Crippen LogP contribution is -2.16. The number of hydrogen-bond acceptors (Lipinski definition) is 4. The first kappa shape index (κ1) is 30.6. The maximum atomic E-state index is 13.7.